The van der Waals surface area contributed by atoms with Crippen molar-refractivity contribution in [1.29, 1.82) is 5.41 Å². The van der Waals surface area contributed by atoms with Crippen molar-refractivity contribution in [3.05, 3.63) is 132 Å². The summed E-state index contributed by atoms with van der Waals surface area (Å²) in [6.45, 7) is 3.85. The van der Waals surface area contributed by atoms with Crippen LogP contribution in [0.5, 0.6) is 11.5 Å². The SMILES string of the molecule is CC(C)C[C@H](NC(=O)OCc1ccccc1)C(=O)NC(c1ccc(C(=N)N)cc1)P(=O)(Oc1ccccc1)Oc1ccccc1. The van der Waals surface area contributed by atoms with Crippen molar-refractivity contribution < 1.29 is 27.9 Å². The third-order valence-electron chi connectivity index (χ3n) is 6.61. The Hall–Kier alpha value is -5.08. The van der Waals surface area contributed by atoms with Crippen molar-refractivity contribution in [3.8, 4) is 11.5 Å². The molecule has 4 aromatic carbocycles. The molecule has 45 heavy (non-hydrogen) atoms. The monoisotopic (exact) mass is 628 g/mol. The third-order valence-corrected chi connectivity index (χ3v) is 8.60. The van der Waals surface area contributed by atoms with Crippen molar-refractivity contribution in [1.82, 2.24) is 10.6 Å². The van der Waals surface area contributed by atoms with Crippen LogP contribution in [-0.2, 0) is 20.7 Å². The zero-order valence-electron chi connectivity index (χ0n) is 25.1. The highest BCUT2D eigenvalue weighted by Gasteiger charge is 2.43. The molecule has 0 aliphatic carbocycles. The van der Waals surface area contributed by atoms with Gasteiger partial charge in [0.25, 0.3) is 0 Å². The summed E-state index contributed by atoms with van der Waals surface area (Å²) in [5.74, 6) is -1.56. The predicted molar refractivity (Wildman–Crippen MR) is 173 cm³/mol. The van der Waals surface area contributed by atoms with Crippen molar-refractivity contribution in [2.75, 3.05) is 0 Å². The van der Waals surface area contributed by atoms with Crippen LogP contribution in [0.1, 0.15) is 42.7 Å². The van der Waals surface area contributed by atoms with E-state index in [1.807, 2.05) is 44.2 Å². The summed E-state index contributed by atoms with van der Waals surface area (Å²) < 4.78 is 32.4. The van der Waals surface area contributed by atoms with Crippen LogP contribution in [-0.4, -0.2) is 23.9 Å². The van der Waals surface area contributed by atoms with E-state index < -0.39 is 31.4 Å². The zero-order chi connectivity index (χ0) is 32.2. The summed E-state index contributed by atoms with van der Waals surface area (Å²) >= 11 is 0. The van der Waals surface area contributed by atoms with Crippen molar-refractivity contribution >= 4 is 25.4 Å². The number of amides is 2. The summed E-state index contributed by atoms with van der Waals surface area (Å²) in [6, 6.07) is 31.5. The molecule has 0 spiro atoms. The van der Waals surface area contributed by atoms with E-state index in [1.165, 1.54) is 0 Å². The normalized spacial score (nSPS) is 12.4. The lowest BCUT2D eigenvalue weighted by atomic mass is 10.0. The number of carbonyl (C=O) groups is 2. The van der Waals surface area contributed by atoms with Gasteiger partial charge in [0.05, 0.1) is 0 Å². The molecule has 0 heterocycles. The van der Waals surface area contributed by atoms with Crippen molar-refractivity contribution in [3.63, 3.8) is 0 Å². The van der Waals surface area contributed by atoms with Crippen LogP contribution in [0, 0.1) is 11.3 Å². The lowest BCUT2D eigenvalue weighted by Gasteiger charge is -2.30. The zero-order valence-corrected chi connectivity index (χ0v) is 26.0. The second-order valence-corrected chi connectivity index (χ2v) is 12.6. The number of ether oxygens (including phenoxy) is 1. The molecule has 4 aromatic rings. The Balaban J connectivity index is 1.67. The van der Waals surface area contributed by atoms with E-state index in [2.05, 4.69) is 10.6 Å². The summed E-state index contributed by atoms with van der Waals surface area (Å²) in [4.78, 5) is 26.7. The minimum absolute atomic E-state index is 0.0106. The molecule has 0 bridgehead atoms. The van der Waals surface area contributed by atoms with Crippen molar-refractivity contribution in [2.24, 2.45) is 11.7 Å². The molecule has 11 heteroatoms. The van der Waals surface area contributed by atoms with Crippen LogP contribution in [0.4, 0.5) is 4.79 Å². The van der Waals surface area contributed by atoms with E-state index in [4.69, 9.17) is 24.9 Å². The maximum absolute atomic E-state index is 14.9. The lowest BCUT2D eigenvalue weighted by Crippen LogP contribution is -2.48. The van der Waals surface area contributed by atoms with Gasteiger partial charge < -0.3 is 30.2 Å². The average Bonchev–Trinajstić information content (AvgIpc) is 3.03. The Morgan fingerprint density at radius 2 is 1.29 bits per heavy atom. The minimum Gasteiger partial charge on any atom is -0.445 e. The highest BCUT2D eigenvalue weighted by molar-refractivity contribution is 7.55. The smallest absolute Gasteiger partial charge is 0.445 e. The van der Waals surface area contributed by atoms with Gasteiger partial charge in [-0.05, 0) is 47.7 Å². The van der Waals surface area contributed by atoms with E-state index in [9.17, 15) is 14.2 Å². The van der Waals surface area contributed by atoms with Gasteiger partial charge in [-0.15, -0.1) is 0 Å². The van der Waals surface area contributed by atoms with E-state index in [-0.39, 0.29) is 36.3 Å². The highest BCUT2D eigenvalue weighted by Crippen LogP contribution is 2.59. The summed E-state index contributed by atoms with van der Waals surface area (Å²) in [6.07, 6.45) is -0.502. The number of hydrogen-bond acceptors (Lipinski definition) is 7. The standard InChI is InChI=1S/C34H37N4O6P/c1-24(2)22-30(37-34(40)42-23-25-12-6-3-7-13-25)32(39)38-33(27-20-18-26(19-21-27)31(35)36)45(41,43-28-14-8-4-9-15-28)44-29-16-10-5-11-17-29/h3-21,24,30,33H,22-23H2,1-2H3,(H3,35,36)(H,37,40)(H,38,39)/t30-,33?/m0/s1. The van der Waals surface area contributed by atoms with Gasteiger partial charge in [0.2, 0.25) is 5.91 Å². The number of hydrogen-bond donors (Lipinski definition) is 4. The van der Waals surface area contributed by atoms with Crippen LogP contribution >= 0.6 is 7.60 Å². The Morgan fingerprint density at radius 1 is 0.778 bits per heavy atom. The molecule has 0 aromatic heterocycles. The van der Waals surface area contributed by atoms with E-state index in [1.54, 1.807) is 84.9 Å². The second-order valence-electron chi connectivity index (χ2n) is 10.7. The van der Waals surface area contributed by atoms with Crippen LogP contribution in [0.25, 0.3) is 0 Å². The van der Waals surface area contributed by atoms with Crippen molar-refractivity contribution in [2.45, 2.75) is 38.7 Å². The number of alkyl carbamates (subject to hydrolysis) is 1. The number of amidine groups is 1. The summed E-state index contributed by atoms with van der Waals surface area (Å²) in [5, 5.41) is 13.3. The molecule has 1 unspecified atom stereocenters. The fourth-order valence-corrected chi connectivity index (χ4v) is 6.32. The number of benzene rings is 4. The fraction of sp³-hybridized carbons (Fsp3) is 0.206. The molecule has 0 fully saturated rings. The molecule has 10 nitrogen and oxygen atoms in total. The number of carbonyl (C=O) groups excluding carboxylic acids is 2. The Morgan fingerprint density at radius 3 is 1.78 bits per heavy atom. The quantitative estimate of drug-likeness (QED) is 0.0682. The first-order valence-electron chi connectivity index (χ1n) is 14.4. The van der Waals surface area contributed by atoms with Crippen LogP contribution < -0.4 is 25.4 Å². The third kappa shape index (κ3) is 9.71. The maximum atomic E-state index is 14.9. The van der Waals surface area contributed by atoms with Gasteiger partial charge >= 0.3 is 13.7 Å². The van der Waals surface area contributed by atoms with Gasteiger partial charge in [0, 0.05) is 5.56 Å². The van der Waals surface area contributed by atoms with E-state index in [0.29, 0.717) is 11.1 Å². The topological polar surface area (TPSA) is 153 Å². The highest BCUT2D eigenvalue weighted by atomic mass is 31.2. The van der Waals surface area contributed by atoms with Gasteiger partial charge in [0.15, 0.2) is 5.78 Å². The molecule has 2 atom stereocenters. The van der Waals surface area contributed by atoms with E-state index >= 15 is 0 Å². The molecule has 0 saturated heterocycles. The summed E-state index contributed by atoms with van der Waals surface area (Å²) in [5.41, 5.74) is 7.27. The number of nitrogens with two attached hydrogens (primary N) is 1. The first kappa shape index (κ1) is 32.8. The van der Waals surface area contributed by atoms with Gasteiger partial charge in [-0.25, -0.2) is 9.36 Å². The van der Waals surface area contributed by atoms with Crippen LogP contribution in [0.15, 0.2) is 115 Å². The lowest BCUT2D eigenvalue weighted by molar-refractivity contribution is -0.123. The first-order valence-corrected chi connectivity index (χ1v) is 16.0. The predicted octanol–water partition coefficient (Wildman–Crippen LogP) is 6.78. The number of para-hydroxylation sites is 2. The largest absolute Gasteiger partial charge is 0.457 e. The summed E-state index contributed by atoms with van der Waals surface area (Å²) in [7, 11) is -4.31. The number of nitrogens with one attached hydrogen (secondary N) is 3. The molecule has 0 saturated carbocycles. The van der Waals surface area contributed by atoms with Gasteiger partial charge in [-0.2, -0.15) is 0 Å². The maximum Gasteiger partial charge on any atom is 0.457 e. The molecular formula is C34H37N4O6P. The number of rotatable bonds is 14. The molecular weight excluding hydrogens is 591 g/mol. The average molecular weight is 629 g/mol. The molecule has 0 radical (unpaired) electrons. The molecule has 2 amide bonds. The van der Waals surface area contributed by atoms with Gasteiger partial charge in [-0.1, -0.05) is 105 Å². The Bertz CT molecular complexity index is 1560. The molecule has 0 aliphatic heterocycles. The minimum atomic E-state index is -4.31. The molecule has 4 rings (SSSR count). The van der Waals surface area contributed by atoms with Gasteiger partial charge in [-0.3, -0.25) is 10.2 Å². The van der Waals surface area contributed by atoms with E-state index in [0.717, 1.165) is 5.56 Å². The Labute approximate surface area is 263 Å². The first-order chi connectivity index (χ1) is 21.6. The molecule has 0 aliphatic rings. The van der Waals surface area contributed by atoms with Crippen LogP contribution in [0.3, 0.4) is 0 Å². The molecule has 234 valence electrons. The van der Waals surface area contributed by atoms with Gasteiger partial charge in [0.1, 0.15) is 30.0 Å². The van der Waals surface area contributed by atoms with Crippen LogP contribution in [0.2, 0.25) is 0 Å². The number of nitrogen functional groups attached to an aromatic ring is 1. The fourth-order valence-electron chi connectivity index (χ4n) is 4.42. The molecule has 5 N–H and O–H groups in total. The second kappa shape index (κ2) is 15.6. The Kier molecular flexibility index (Phi) is 11.4.